The zero-order valence-corrected chi connectivity index (χ0v) is 12.9. The summed E-state index contributed by atoms with van der Waals surface area (Å²) >= 11 is 0. The molecular formula is C14H27N5O. The molecule has 6 heteroatoms. The van der Waals surface area contributed by atoms with Gasteiger partial charge in [-0.2, -0.15) is 4.98 Å². The van der Waals surface area contributed by atoms with Crippen molar-refractivity contribution in [3.05, 3.63) is 11.7 Å². The highest BCUT2D eigenvalue weighted by molar-refractivity contribution is 4.98. The molecule has 0 radical (unpaired) electrons. The van der Waals surface area contributed by atoms with Crippen LogP contribution in [0.2, 0.25) is 0 Å². The van der Waals surface area contributed by atoms with Gasteiger partial charge in [0.2, 0.25) is 5.89 Å². The standard InChI is InChI=1S/C14H27N5O/c1-11(6-7-15)4-5-13-16-14(17-20-13)12-10-18(2)8-9-19(12)3/h11-12H,4-10,15H2,1-3H3. The van der Waals surface area contributed by atoms with Gasteiger partial charge in [-0.25, -0.2) is 0 Å². The van der Waals surface area contributed by atoms with E-state index in [1.165, 1.54) is 0 Å². The van der Waals surface area contributed by atoms with Gasteiger partial charge >= 0.3 is 0 Å². The second-order valence-corrected chi connectivity index (χ2v) is 6.03. The molecule has 1 saturated heterocycles. The van der Waals surface area contributed by atoms with Crippen LogP contribution in [0.4, 0.5) is 0 Å². The van der Waals surface area contributed by atoms with E-state index in [2.05, 4.69) is 41.0 Å². The molecule has 1 aromatic rings. The lowest BCUT2D eigenvalue weighted by molar-refractivity contribution is 0.108. The Labute approximate surface area is 121 Å². The van der Waals surface area contributed by atoms with Crippen LogP contribution in [-0.2, 0) is 6.42 Å². The Kier molecular flexibility index (Phi) is 5.51. The Morgan fingerprint density at radius 3 is 2.90 bits per heavy atom. The minimum Gasteiger partial charge on any atom is -0.339 e. The predicted molar refractivity (Wildman–Crippen MR) is 78.3 cm³/mol. The summed E-state index contributed by atoms with van der Waals surface area (Å²) in [4.78, 5) is 9.18. The number of aryl methyl sites for hydroxylation is 1. The number of hydrogen-bond donors (Lipinski definition) is 1. The van der Waals surface area contributed by atoms with Crippen LogP contribution >= 0.6 is 0 Å². The highest BCUT2D eigenvalue weighted by Crippen LogP contribution is 2.21. The summed E-state index contributed by atoms with van der Waals surface area (Å²) in [5, 5.41) is 4.17. The molecule has 1 aliphatic heterocycles. The van der Waals surface area contributed by atoms with Gasteiger partial charge in [0.25, 0.3) is 0 Å². The first-order valence-electron chi connectivity index (χ1n) is 7.51. The first-order valence-corrected chi connectivity index (χ1v) is 7.51. The molecule has 1 aromatic heterocycles. The second-order valence-electron chi connectivity index (χ2n) is 6.03. The SMILES string of the molecule is CC(CCN)CCc1nc(C2CN(C)CCN2C)no1. The molecule has 0 amide bonds. The number of nitrogens with zero attached hydrogens (tertiary/aromatic N) is 4. The lowest BCUT2D eigenvalue weighted by Gasteiger charge is -2.35. The van der Waals surface area contributed by atoms with Crippen LogP contribution in [0.3, 0.4) is 0 Å². The van der Waals surface area contributed by atoms with E-state index in [-0.39, 0.29) is 6.04 Å². The Morgan fingerprint density at radius 2 is 2.15 bits per heavy atom. The largest absolute Gasteiger partial charge is 0.339 e. The van der Waals surface area contributed by atoms with E-state index < -0.39 is 0 Å². The highest BCUT2D eigenvalue weighted by Gasteiger charge is 2.27. The molecule has 2 heterocycles. The number of likely N-dealkylation sites (N-methyl/N-ethyl adjacent to an activating group) is 2. The Hall–Kier alpha value is -0.980. The van der Waals surface area contributed by atoms with Crippen LogP contribution in [0.5, 0.6) is 0 Å². The van der Waals surface area contributed by atoms with Crippen LogP contribution in [0.25, 0.3) is 0 Å². The van der Waals surface area contributed by atoms with E-state index in [0.29, 0.717) is 5.92 Å². The van der Waals surface area contributed by atoms with Gasteiger partial charge in [-0.05, 0) is 39.4 Å². The number of piperazine rings is 1. The predicted octanol–water partition coefficient (Wildman–Crippen LogP) is 0.905. The van der Waals surface area contributed by atoms with E-state index in [1.54, 1.807) is 0 Å². The van der Waals surface area contributed by atoms with Crippen molar-refractivity contribution in [2.45, 2.75) is 32.2 Å². The summed E-state index contributed by atoms with van der Waals surface area (Å²) in [5.41, 5.74) is 5.57. The fourth-order valence-corrected chi connectivity index (χ4v) is 2.59. The van der Waals surface area contributed by atoms with Gasteiger partial charge in [0, 0.05) is 26.1 Å². The topological polar surface area (TPSA) is 71.4 Å². The zero-order valence-electron chi connectivity index (χ0n) is 12.9. The van der Waals surface area contributed by atoms with Gasteiger partial charge in [-0.3, -0.25) is 4.90 Å². The molecule has 2 N–H and O–H groups in total. The molecule has 2 atom stereocenters. The summed E-state index contributed by atoms with van der Waals surface area (Å²) in [5.74, 6) is 2.19. The number of aromatic nitrogens is 2. The first kappa shape index (κ1) is 15.4. The van der Waals surface area contributed by atoms with Crippen LogP contribution in [0, 0.1) is 5.92 Å². The summed E-state index contributed by atoms with van der Waals surface area (Å²) in [6.45, 7) is 6.05. The molecule has 0 bridgehead atoms. The van der Waals surface area contributed by atoms with Crippen LogP contribution < -0.4 is 5.73 Å². The zero-order chi connectivity index (χ0) is 14.5. The van der Waals surface area contributed by atoms with Crippen molar-refractivity contribution >= 4 is 0 Å². The van der Waals surface area contributed by atoms with Gasteiger partial charge in [-0.1, -0.05) is 12.1 Å². The maximum Gasteiger partial charge on any atom is 0.226 e. The first-order chi connectivity index (χ1) is 9.60. The summed E-state index contributed by atoms with van der Waals surface area (Å²) < 4.78 is 5.39. The average Bonchev–Trinajstić information content (AvgIpc) is 2.88. The van der Waals surface area contributed by atoms with Crippen molar-refractivity contribution < 1.29 is 4.52 Å². The molecule has 0 saturated carbocycles. The number of rotatable bonds is 6. The Morgan fingerprint density at radius 1 is 1.35 bits per heavy atom. The van der Waals surface area contributed by atoms with E-state index >= 15 is 0 Å². The average molecular weight is 281 g/mol. The third-order valence-corrected chi connectivity index (χ3v) is 4.14. The molecule has 6 nitrogen and oxygen atoms in total. The molecule has 1 fully saturated rings. The quantitative estimate of drug-likeness (QED) is 0.835. The summed E-state index contributed by atoms with van der Waals surface area (Å²) in [6.07, 6.45) is 2.96. The molecule has 20 heavy (non-hydrogen) atoms. The fraction of sp³-hybridized carbons (Fsp3) is 0.857. The van der Waals surface area contributed by atoms with Gasteiger partial charge in [0.1, 0.15) is 0 Å². The molecule has 1 aliphatic rings. The maximum absolute atomic E-state index is 5.57. The Balaban J connectivity index is 1.91. The van der Waals surface area contributed by atoms with E-state index in [0.717, 1.165) is 57.2 Å². The van der Waals surface area contributed by atoms with E-state index in [9.17, 15) is 0 Å². The summed E-state index contributed by atoms with van der Waals surface area (Å²) in [7, 11) is 4.26. The molecule has 0 aliphatic carbocycles. The van der Waals surface area contributed by atoms with Gasteiger partial charge < -0.3 is 15.2 Å². The van der Waals surface area contributed by atoms with Gasteiger partial charge in [-0.15, -0.1) is 0 Å². The number of nitrogens with two attached hydrogens (primary N) is 1. The highest BCUT2D eigenvalue weighted by atomic mass is 16.5. The third kappa shape index (κ3) is 4.01. The van der Waals surface area contributed by atoms with Crippen molar-refractivity contribution in [1.82, 2.24) is 19.9 Å². The molecule has 0 spiro atoms. The summed E-state index contributed by atoms with van der Waals surface area (Å²) in [6, 6.07) is 0.243. The van der Waals surface area contributed by atoms with Crippen LogP contribution in [-0.4, -0.2) is 60.2 Å². The van der Waals surface area contributed by atoms with Crippen LogP contribution in [0.15, 0.2) is 4.52 Å². The maximum atomic E-state index is 5.57. The van der Waals surface area contributed by atoms with Crippen molar-refractivity contribution in [1.29, 1.82) is 0 Å². The van der Waals surface area contributed by atoms with Gasteiger partial charge in [0.05, 0.1) is 6.04 Å². The van der Waals surface area contributed by atoms with Crippen molar-refractivity contribution in [3.63, 3.8) is 0 Å². The molecular weight excluding hydrogens is 254 g/mol. The molecule has 114 valence electrons. The third-order valence-electron chi connectivity index (χ3n) is 4.14. The molecule has 0 aromatic carbocycles. The molecule has 2 rings (SSSR count). The van der Waals surface area contributed by atoms with Gasteiger partial charge in [0.15, 0.2) is 5.82 Å². The van der Waals surface area contributed by atoms with Crippen molar-refractivity contribution in [2.24, 2.45) is 11.7 Å². The van der Waals surface area contributed by atoms with Crippen molar-refractivity contribution in [3.8, 4) is 0 Å². The normalized spacial score (nSPS) is 23.1. The second kappa shape index (κ2) is 7.15. The minimum atomic E-state index is 0.243. The monoisotopic (exact) mass is 281 g/mol. The lowest BCUT2D eigenvalue weighted by atomic mass is 10.0. The Bertz CT molecular complexity index is 408. The fourth-order valence-electron chi connectivity index (χ4n) is 2.59. The minimum absolute atomic E-state index is 0.243. The smallest absolute Gasteiger partial charge is 0.226 e. The van der Waals surface area contributed by atoms with E-state index in [1.807, 2.05) is 0 Å². The molecule has 2 unspecified atom stereocenters. The number of hydrogen-bond acceptors (Lipinski definition) is 6. The van der Waals surface area contributed by atoms with E-state index in [4.69, 9.17) is 10.3 Å². The lowest BCUT2D eigenvalue weighted by Crippen LogP contribution is -2.45. The van der Waals surface area contributed by atoms with Crippen molar-refractivity contribution in [2.75, 3.05) is 40.3 Å². The van der Waals surface area contributed by atoms with Crippen LogP contribution in [0.1, 0.15) is 37.5 Å².